The van der Waals surface area contributed by atoms with E-state index >= 15 is 0 Å². The number of rotatable bonds is 31. The number of aliphatic hydroxyl groups is 4. The van der Waals surface area contributed by atoms with Crippen LogP contribution in [0.15, 0.2) is 12.2 Å². The molecule has 0 saturated heterocycles. The van der Waals surface area contributed by atoms with E-state index in [1.165, 1.54) is 103 Å². The third-order valence-electron chi connectivity index (χ3n) is 8.23. The first-order valence-corrected chi connectivity index (χ1v) is 17.6. The van der Waals surface area contributed by atoms with Crippen molar-refractivity contribution in [3.8, 4) is 0 Å². The molecular formula is C35H69NO5. The van der Waals surface area contributed by atoms with Gasteiger partial charge in [-0.25, -0.2) is 0 Å². The summed E-state index contributed by atoms with van der Waals surface area (Å²) in [5, 5.41) is 43.3. The third-order valence-corrected chi connectivity index (χ3v) is 8.23. The molecule has 0 fully saturated rings. The maximum Gasteiger partial charge on any atom is 0.249 e. The summed E-state index contributed by atoms with van der Waals surface area (Å²) in [5.41, 5.74) is 0. The lowest BCUT2D eigenvalue weighted by Crippen LogP contribution is -2.53. The van der Waals surface area contributed by atoms with Crippen LogP contribution in [0.3, 0.4) is 0 Å². The summed E-state index contributed by atoms with van der Waals surface area (Å²) in [5.74, 6) is -0.602. The van der Waals surface area contributed by atoms with Crippen LogP contribution in [0, 0.1) is 0 Å². The highest BCUT2D eigenvalue weighted by atomic mass is 16.3. The van der Waals surface area contributed by atoms with Crippen molar-refractivity contribution in [3.63, 3.8) is 0 Å². The first kappa shape index (κ1) is 40.1. The highest BCUT2D eigenvalue weighted by Crippen LogP contribution is 2.15. The number of amides is 1. The molecule has 5 N–H and O–H groups in total. The summed E-state index contributed by atoms with van der Waals surface area (Å²) in [4.78, 5) is 12.4. The Hall–Kier alpha value is -0.950. The lowest BCUT2D eigenvalue weighted by Gasteiger charge is -2.27. The van der Waals surface area contributed by atoms with Crippen LogP contribution in [-0.2, 0) is 4.79 Å². The van der Waals surface area contributed by atoms with Crippen LogP contribution in [-0.4, -0.2) is 57.3 Å². The predicted octanol–water partition coefficient (Wildman–Crippen LogP) is 7.89. The monoisotopic (exact) mass is 584 g/mol. The molecule has 0 heterocycles. The normalized spacial score (nSPS) is 14.8. The van der Waals surface area contributed by atoms with E-state index in [0.29, 0.717) is 12.8 Å². The Morgan fingerprint density at radius 1 is 0.585 bits per heavy atom. The molecule has 244 valence electrons. The molecule has 1 amide bonds. The average molecular weight is 584 g/mol. The zero-order valence-electron chi connectivity index (χ0n) is 27.0. The van der Waals surface area contributed by atoms with E-state index in [-0.39, 0.29) is 0 Å². The first-order valence-electron chi connectivity index (χ1n) is 17.6. The molecule has 6 heteroatoms. The van der Waals surface area contributed by atoms with E-state index in [1.807, 2.05) is 0 Å². The fourth-order valence-corrected chi connectivity index (χ4v) is 5.34. The molecule has 0 rings (SSSR count). The summed E-state index contributed by atoms with van der Waals surface area (Å²) in [6.07, 6.45) is 29.4. The summed E-state index contributed by atoms with van der Waals surface area (Å²) in [6.45, 7) is 4.00. The fourth-order valence-electron chi connectivity index (χ4n) is 5.34. The summed E-state index contributed by atoms with van der Waals surface area (Å²) in [6, 6.07) is -0.987. The van der Waals surface area contributed by atoms with Crippen LogP contribution in [0.25, 0.3) is 0 Å². The summed E-state index contributed by atoms with van der Waals surface area (Å²) >= 11 is 0. The number of carbonyl (C=O) groups excluding carboxylic acids is 1. The largest absolute Gasteiger partial charge is 0.394 e. The van der Waals surface area contributed by atoms with Gasteiger partial charge in [0.25, 0.3) is 0 Å². The van der Waals surface area contributed by atoms with E-state index in [4.69, 9.17) is 0 Å². The molecule has 0 aliphatic carbocycles. The second-order valence-corrected chi connectivity index (χ2v) is 12.2. The number of aliphatic hydroxyl groups excluding tert-OH is 4. The molecule has 0 saturated carbocycles. The van der Waals surface area contributed by atoms with E-state index in [9.17, 15) is 25.2 Å². The van der Waals surface area contributed by atoms with Gasteiger partial charge in [0, 0.05) is 0 Å². The van der Waals surface area contributed by atoms with Crippen molar-refractivity contribution < 1.29 is 25.2 Å². The van der Waals surface area contributed by atoms with E-state index < -0.39 is 36.9 Å². The van der Waals surface area contributed by atoms with Crippen LogP contribution in [0.5, 0.6) is 0 Å². The molecule has 0 aromatic rings. The molecule has 0 aliphatic heterocycles. The van der Waals surface area contributed by atoms with Crippen molar-refractivity contribution in [3.05, 3.63) is 12.2 Å². The third kappa shape index (κ3) is 25.3. The van der Waals surface area contributed by atoms with Crippen LogP contribution >= 0.6 is 0 Å². The van der Waals surface area contributed by atoms with Crippen LogP contribution in [0.1, 0.15) is 174 Å². The first-order chi connectivity index (χ1) is 20.0. The molecule has 0 aromatic heterocycles. The van der Waals surface area contributed by atoms with Gasteiger partial charge in [-0.05, 0) is 38.5 Å². The number of hydrogen-bond donors (Lipinski definition) is 5. The lowest BCUT2D eigenvalue weighted by atomic mass is 9.99. The number of unbranched alkanes of at least 4 members (excludes halogenated alkanes) is 20. The second-order valence-electron chi connectivity index (χ2n) is 12.2. The lowest BCUT2D eigenvalue weighted by molar-refractivity contribution is -0.132. The van der Waals surface area contributed by atoms with Gasteiger partial charge in [0.1, 0.15) is 12.2 Å². The fraction of sp³-hybridized carbons (Fsp3) is 0.914. The Bertz CT molecular complexity index is 585. The highest BCUT2D eigenvalue weighted by molar-refractivity contribution is 5.80. The molecular weight excluding hydrogens is 514 g/mol. The Kier molecular flexibility index (Phi) is 29.8. The van der Waals surface area contributed by atoms with Gasteiger partial charge in [-0.1, -0.05) is 148 Å². The maximum absolute atomic E-state index is 12.4. The maximum atomic E-state index is 12.4. The minimum Gasteiger partial charge on any atom is -0.394 e. The number of hydrogen-bond acceptors (Lipinski definition) is 5. The zero-order valence-corrected chi connectivity index (χ0v) is 27.0. The molecule has 0 spiro atoms. The molecule has 0 aromatic carbocycles. The highest BCUT2D eigenvalue weighted by Gasteiger charge is 2.28. The van der Waals surface area contributed by atoms with Crippen LogP contribution < -0.4 is 5.32 Å². The predicted molar refractivity (Wildman–Crippen MR) is 173 cm³/mol. The van der Waals surface area contributed by atoms with E-state index in [0.717, 1.165) is 44.9 Å². The summed E-state index contributed by atoms with van der Waals surface area (Å²) < 4.78 is 0. The molecule has 0 radical (unpaired) electrons. The molecule has 41 heavy (non-hydrogen) atoms. The minimum atomic E-state index is -1.26. The number of allylic oxidation sites excluding steroid dienone is 2. The molecule has 0 aliphatic rings. The van der Waals surface area contributed by atoms with Gasteiger partial charge in [-0.2, -0.15) is 0 Å². The van der Waals surface area contributed by atoms with Crippen molar-refractivity contribution in [2.24, 2.45) is 0 Å². The van der Waals surface area contributed by atoms with Gasteiger partial charge in [0.05, 0.1) is 18.8 Å². The van der Waals surface area contributed by atoms with Gasteiger partial charge >= 0.3 is 0 Å². The Morgan fingerprint density at radius 2 is 0.976 bits per heavy atom. The Morgan fingerprint density at radius 3 is 1.44 bits per heavy atom. The topological polar surface area (TPSA) is 110 Å². The van der Waals surface area contributed by atoms with Gasteiger partial charge in [0.15, 0.2) is 0 Å². The average Bonchev–Trinajstić information content (AvgIpc) is 2.98. The van der Waals surface area contributed by atoms with Gasteiger partial charge < -0.3 is 25.7 Å². The standard InChI is InChI=1S/C35H69NO5/c1-3-5-7-9-11-13-15-17-19-20-22-24-26-28-32(38)34(40)31(30-37)36-35(41)33(39)29-27-25-23-21-18-16-14-12-10-8-6-4-2/h18,21,31-34,37-40H,3-17,19-20,22-30H2,1-2H3,(H,36,41)/b21-18-. The van der Waals surface area contributed by atoms with Gasteiger partial charge in [-0.3, -0.25) is 4.79 Å². The van der Waals surface area contributed by atoms with Crippen molar-refractivity contribution >= 4 is 5.91 Å². The van der Waals surface area contributed by atoms with Gasteiger partial charge in [-0.15, -0.1) is 0 Å². The summed E-state index contributed by atoms with van der Waals surface area (Å²) in [7, 11) is 0. The number of nitrogens with one attached hydrogen (secondary N) is 1. The van der Waals surface area contributed by atoms with Crippen LogP contribution in [0.2, 0.25) is 0 Å². The van der Waals surface area contributed by atoms with Crippen molar-refractivity contribution in [1.29, 1.82) is 0 Å². The van der Waals surface area contributed by atoms with E-state index in [1.54, 1.807) is 0 Å². The Labute approximate surface area is 253 Å². The van der Waals surface area contributed by atoms with Gasteiger partial charge in [0.2, 0.25) is 5.91 Å². The van der Waals surface area contributed by atoms with Crippen molar-refractivity contribution in [2.45, 2.75) is 199 Å². The van der Waals surface area contributed by atoms with Crippen LogP contribution in [0.4, 0.5) is 0 Å². The second kappa shape index (κ2) is 30.5. The van der Waals surface area contributed by atoms with Crippen molar-refractivity contribution in [1.82, 2.24) is 5.32 Å². The van der Waals surface area contributed by atoms with E-state index in [2.05, 4.69) is 31.3 Å². The SMILES string of the molecule is CCCCCCCC/C=C\CCCCC(O)C(=O)NC(CO)C(O)C(O)CCCCCCCCCCCCCCC. The smallest absolute Gasteiger partial charge is 0.249 e. The quantitative estimate of drug-likeness (QED) is 0.0421. The molecule has 6 nitrogen and oxygen atoms in total. The Balaban J connectivity index is 3.88. The molecule has 4 unspecified atom stereocenters. The molecule has 4 atom stereocenters. The number of carbonyl (C=O) groups is 1. The van der Waals surface area contributed by atoms with Crippen molar-refractivity contribution in [2.75, 3.05) is 6.61 Å². The minimum absolute atomic E-state index is 0.340. The molecule has 0 bridgehead atoms. The zero-order chi connectivity index (χ0) is 30.4.